The molecule has 0 fully saturated rings. The van der Waals surface area contributed by atoms with Gasteiger partial charge >= 0.3 is 0 Å². The molecular formula is C13H15N3O. The smallest absolute Gasteiger partial charge is 0.164 e. The SMILES string of the molecule is Cc1ccc(Oc2cnc(C(C)N)nc2)cc1. The second-order valence-corrected chi connectivity index (χ2v) is 3.98. The van der Waals surface area contributed by atoms with Crippen molar-refractivity contribution >= 4 is 0 Å². The van der Waals surface area contributed by atoms with E-state index in [0.29, 0.717) is 11.6 Å². The molecule has 0 amide bonds. The van der Waals surface area contributed by atoms with E-state index in [1.54, 1.807) is 12.4 Å². The zero-order valence-corrected chi connectivity index (χ0v) is 9.92. The minimum absolute atomic E-state index is 0.163. The summed E-state index contributed by atoms with van der Waals surface area (Å²) in [6.07, 6.45) is 3.26. The number of ether oxygens (including phenoxy) is 1. The number of aryl methyl sites for hydroxylation is 1. The van der Waals surface area contributed by atoms with Gasteiger partial charge in [0.15, 0.2) is 5.75 Å². The number of hydrogen-bond donors (Lipinski definition) is 1. The van der Waals surface area contributed by atoms with E-state index >= 15 is 0 Å². The third kappa shape index (κ3) is 3.01. The molecule has 17 heavy (non-hydrogen) atoms. The molecule has 4 heteroatoms. The van der Waals surface area contributed by atoms with Gasteiger partial charge in [0.25, 0.3) is 0 Å². The predicted octanol–water partition coefficient (Wildman–Crippen LogP) is 2.60. The van der Waals surface area contributed by atoms with E-state index in [2.05, 4.69) is 9.97 Å². The van der Waals surface area contributed by atoms with Crippen molar-refractivity contribution in [1.29, 1.82) is 0 Å². The van der Waals surface area contributed by atoms with Crippen LogP contribution >= 0.6 is 0 Å². The topological polar surface area (TPSA) is 61.0 Å². The molecule has 1 atom stereocenters. The summed E-state index contributed by atoms with van der Waals surface area (Å²) in [4.78, 5) is 8.26. The molecule has 0 radical (unpaired) electrons. The number of rotatable bonds is 3. The van der Waals surface area contributed by atoms with Crippen LogP contribution in [0.5, 0.6) is 11.5 Å². The highest BCUT2D eigenvalue weighted by Gasteiger charge is 2.03. The molecule has 0 spiro atoms. The molecule has 4 nitrogen and oxygen atoms in total. The van der Waals surface area contributed by atoms with E-state index in [-0.39, 0.29) is 6.04 Å². The molecule has 2 N–H and O–H groups in total. The molecule has 2 rings (SSSR count). The Hall–Kier alpha value is -1.94. The molecule has 1 unspecified atom stereocenters. The highest BCUT2D eigenvalue weighted by atomic mass is 16.5. The second kappa shape index (κ2) is 4.93. The lowest BCUT2D eigenvalue weighted by molar-refractivity contribution is 0.475. The van der Waals surface area contributed by atoms with Crippen LogP contribution in [-0.2, 0) is 0 Å². The highest BCUT2D eigenvalue weighted by Crippen LogP contribution is 2.20. The Bertz CT molecular complexity index is 477. The molecule has 1 aromatic carbocycles. The van der Waals surface area contributed by atoms with E-state index in [1.165, 1.54) is 5.56 Å². The standard InChI is InChI=1S/C13H15N3O/c1-9-3-5-11(6-4-9)17-12-7-15-13(10(2)14)16-8-12/h3-8,10H,14H2,1-2H3. The first-order valence-corrected chi connectivity index (χ1v) is 5.47. The van der Waals surface area contributed by atoms with Crippen LogP contribution in [0.2, 0.25) is 0 Å². The van der Waals surface area contributed by atoms with Crippen molar-refractivity contribution in [1.82, 2.24) is 9.97 Å². The summed E-state index contributed by atoms with van der Waals surface area (Å²) >= 11 is 0. The maximum Gasteiger partial charge on any atom is 0.164 e. The Morgan fingerprint density at radius 1 is 1.06 bits per heavy atom. The first-order valence-electron chi connectivity index (χ1n) is 5.47. The summed E-state index contributed by atoms with van der Waals surface area (Å²) in [7, 11) is 0. The normalized spacial score (nSPS) is 12.2. The number of nitrogens with zero attached hydrogens (tertiary/aromatic N) is 2. The largest absolute Gasteiger partial charge is 0.454 e. The zero-order chi connectivity index (χ0) is 12.3. The van der Waals surface area contributed by atoms with Crippen molar-refractivity contribution in [2.24, 2.45) is 5.73 Å². The minimum atomic E-state index is -0.163. The van der Waals surface area contributed by atoms with Crippen molar-refractivity contribution < 1.29 is 4.74 Å². The Morgan fingerprint density at radius 3 is 2.18 bits per heavy atom. The third-order valence-corrected chi connectivity index (χ3v) is 2.31. The van der Waals surface area contributed by atoms with E-state index < -0.39 is 0 Å². The van der Waals surface area contributed by atoms with Crippen molar-refractivity contribution in [2.45, 2.75) is 19.9 Å². The van der Waals surface area contributed by atoms with Gasteiger partial charge in [-0.2, -0.15) is 0 Å². The van der Waals surface area contributed by atoms with Gasteiger partial charge in [-0.1, -0.05) is 17.7 Å². The quantitative estimate of drug-likeness (QED) is 0.878. The first kappa shape index (κ1) is 11.5. The molecular weight excluding hydrogens is 214 g/mol. The monoisotopic (exact) mass is 229 g/mol. The van der Waals surface area contributed by atoms with Crippen molar-refractivity contribution in [3.05, 3.63) is 48.0 Å². The predicted molar refractivity (Wildman–Crippen MR) is 65.9 cm³/mol. The van der Waals surface area contributed by atoms with E-state index in [4.69, 9.17) is 10.5 Å². The summed E-state index contributed by atoms with van der Waals surface area (Å²) in [5.74, 6) is 1.99. The lowest BCUT2D eigenvalue weighted by Crippen LogP contribution is -2.09. The summed E-state index contributed by atoms with van der Waals surface area (Å²) in [5.41, 5.74) is 6.86. The maximum absolute atomic E-state index is 5.67. The summed E-state index contributed by atoms with van der Waals surface area (Å²) < 4.78 is 5.60. The van der Waals surface area contributed by atoms with Gasteiger partial charge in [-0.3, -0.25) is 0 Å². The molecule has 0 aliphatic heterocycles. The van der Waals surface area contributed by atoms with Gasteiger partial charge in [0, 0.05) is 0 Å². The van der Waals surface area contributed by atoms with Gasteiger partial charge in [0.05, 0.1) is 18.4 Å². The minimum Gasteiger partial charge on any atom is -0.454 e. The van der Waals surface area contributed by atoms with E-state index in [1.807, 2.05) is 38.1 Å². The van der Waals surface area contributed by atoms with Gasteiger partial charge < -0.3 is 10.5 Å². The summed E-state index contributed by atoms with van der Waals surface area (Å²) in [6, 6.07) is 7.64. The Labute approximate surface area is 100 Å². The Balaban J connectivity index is 2.11. The van der Waals surface area contributed by atoms with Crippen LogP contribution in [0, 0.1) is 6.92 Å². The molecule has 0 saturated carbocycles. The second-order valence-electron chi connectivity index (χ2n) is 3.98. The number of hydrogen-bond acceptors (Lipinski definition) is 4. The van der Waals surface area contributed by atoms with Crippen LogP contribution in [0.25, 0.3) is 0 Å². The lowest BCUT2D eigenvalue weighted by atomic mass is 10.2. The molecule has 88 valence electrons. The molecule has 1 heterocycles. The Morgan fingerprint density at radius 2 is 1.65 bits per heavy atom. The van der Waals surface area contributed by atoms with Gasteiger partial charge in [-0.15, -0.1) is 0 Å². The average Bonchev–Trinajstić information content (AvgIpc) is 2.33. The maximum atomic E-state index is 5.67. The van der Waals surface area contributed by atoms with Gasteiger partial charge in [-0.25, -0.2) is 9.97 Å². The highest BCUT2D eigenvalue weighted by molar-refractivity contribution is 5.30. The van der Waals surface area contributed by atoms with Crippen molar-refractivity contribution in [2.75, 3.05) is 0 Å². The molecule has 0 aliphatic rings. The first-order chi connectivity index (χ1) is 8.15. The van der Waals surface area contributed by atoms with Gasteiger partial charge in [-0.05, 0) is 26.0 Å². The fraction of sp³-hybridized carbons (Fsp3) is 0.231. The average molecular weight is 229 g/mol. The van der Waals surface area contributed by atoms with Gasteiger partial charge in [0.1, 0.15) is 11.6 Å². The van der Waals surface area contributed by atoms with Crippen LogP contribution in [0.4, 0.5) is 0 Å². The molecule has 0 aliphatic carbocycles. The molecule has 2 aromatic rings. The fourth-order valence-corrected chi connectivity index (χ4v) is 1.36. The Kier molecular flexibility index (Phi) is 3.35. The van der Waals surface area contributed by atoms with E-state index in [9.17, 15) is 0 Å². The summed E-state index contributed by atoms with van der Waals surface area (Å²) in [5, 5.41) is 0. The van der Waals surface area contributed by atoms with Gasteiger partial charge in [0.2, 0.25) is 0 Å². The zero-order valence-electron chi connectivity index (χ0n) is 9.92. The molecule has 0 saturated heterocycles. The van der Waals surface area contributed by atoms with Crippen LogP contribution in [0.15, 0.2) is 36.7 Å². The van der Waals surface area contributed by atoms with Crippen molar-refractivity contribution in [3.8, 4) is 11.5 Å². The molecule has 0 bridgehead atoms. The van der Waals surface area contributed by atoms with Crippen LogP contribution in [-0.4, -0.2) is 9.97 Å². The van der Waals surface area contributed by atoms with Crippen LogP contribution in [0.1, 0.15) is 24.4 Å². The summed E-state index contributed by atoms with van der Waals surface area (Å²) in [6.45, 7) is 3.88. The van der Waals surface area contributed by atoms with Crippen molar-refractivity contribution in [3.63, 3.8) is 0 Å². The van der Waals surface area contributed by atoms with Crippen LogP contribution in [0.3, 0.4) is 0 Å². The number of aromatic nitrogens is 2. The number of nitrogens with two attached hydrogens (primary N) is 1. The van der Waals surface area contributed by atoms with E-state index in [0.717, 1.165) is 5.75 Å². The number of benzene rings is 1. The lowest BCUT2D eigenvalue weighted by Gasteiger charge is -2.07. The fourth-order valence-electron chi connectivity index (χ4n) is 1.36. The third-order valence-electron chi connectivity index (χ3n) is 2.31. The van der Waals surface area contributed by atoms with Crippen LogP contribution < -0.4 is 10.5 Å². The molecule has 1 aromatic heterocycles.